The van der Waals surface area contributed by atoms with Crippen molar-refractivity contribution in [2.24, 2.45) is 4.99 Å². The number of likely N-dealkylation sites (N-methyl/N-ethyl adjacent to an activating group) is 1. The van der Waals surface area contributed by atoms with Crippen LogP contribution in [0.3, 0.4) is 0 Å². The Labute approximate surface area is 108 Å². The molecule has 0 aromatic carbocycles. The number of aliphatic imine (C=N–C) groups is 1. The second kappa shape index (κ2) is 6.07. The van der Waals surface area contributed by atoms with Crippen molar-refractivity contribution in [3.63, 3.8) is 0 Å². The summed E-state index contributed by atoms with van der Waals surface area (Å²) in [6.45, 7) is 6.98. The molecule has 0 aromatic rings. The zero-order valence-corrected chi connectivity index (χ0v) is 11.7. The van der Waals surface area contributed by atoms with Gasteiger partial charge in [0.2, 0.25) is 0 Å². The maximum atomic E-state index is 5.42. The van der Waals surface area contributed by atoms with Crippen molar-refractivity contribution in [2.75, 3.05) is 45.6 Å². The van der Waals surface area contributed by atoms with E-state index in [1.165, 1.54) is 0 Å². The molecule has 0 atom stereocenters. The minimum atomic E-state index is 0.276. The number of hydrogen-bond donors (Lipinski definition) is 1. The van der Waals surface area contributed by atoms with Gasteiger partial charge in [-0.15, -0.1) is 0 Å². The summed E-state index contributed by atoms with van der Waals surface area (Å²) in [6, 6.07) is 0. The molecule has 17 heavy (non-hydrogen) atoms. The molecule has 0 radical (unpaired) electrons. The van der Waals surface area contributed by atoms with Crippen molar-refractivity contribution in [3.05, 3.63) is 0 Å². The number of thioether (sulfide) groups is 1. The molecular formula is C12H23N3OS. The Morgan fingerprint density at radius 3 is 2.94 bits per heavy atom. The van der Waals surface area contributed by atoms with Gasteiger partial charge >= 0.3 is 0 Å². The van der Waals surface area contributed by atoms with Crippen molar-refractivity contribution in [3.8, 4) is 0 Å². The SMILES string of the molecule is CCN(C)CCN=C1NC2(CCOCC2)CS1. The minimum absolute atomic E-state index is 0.276. The van der Waals surface area contributed by atoms with Gasteiger partial charge in [-0.1, -0.05) is 18.7 Å². The van der Waals surface area contributed by atoms with Gasteiger partial charge in [0.15, 0.2) is 5.17 Å². The van der Waals surface area contributed by atoms with Gasteiger partial charge in [-0.2, -0.15) is 0 Å². The Morgan fingerprint density at radius 1 is 1.47 bits per heavy atom. The van der Waals surface area contributed by atoms with E-state index in [9.17, 15) is 0 Å². The van der Waals surface area contributed by atoms with Gasteiger partial charge in [0, 0.05) is 25.5 Å². The van der Waals surface area contributed by atoms with Crippen LogP contribution < -0.4 is 5.32 Å². The van der Waals surface area contributed by atoms with E-state index in [4.69, 9.17) is 4.74 Å². The molecule has 0 bridgehead atoms. The van der Waals surface area contributed by atoms with Crippen LogP contribution in [0.15, 0.2) is 4.99 Å². The van der Waals surface area contributed by atoms with Crippen LogP contribution in [0.2, 0.25) is 0 Å². The van der Waals surface area contributed by atoms with Crippen molar-refractivity contribution in [2.45, 2.75) is 25.3 Å². The highest BCUT2D eigenvalue weighted by Gasteiger charge is 2.38. The summed E-state index contributed by atoms with van der Waals surface area (Å²) in [4.78, 5) is 6.93. The van der Waals surface area contributed by atoms with Crippen LogP contribution in [0.1, 0.15) is 19.8 Å². The standard InChI is InChI=1S/C12H23N3OS/c1-3-15(2)7-6-13-11-14-12(10-17-11)4-8-16-9-5-12/h3-10H2,1-2H3,(H,13,14). The Bertz CT molecular complexity index is 277. The summed E-state index contributed by atoms with van der Waals surface area (Å²) < 4.78 is 5.42. The summed E-state index contributed by atoms with van der Waals surface area (Å²) in [6.07, 6.45) is 2.24. The molecule has 2 fully saturated rings. The van der Waals surface area contributed by atoms with Crippen LogP contribution in [0.25, 0.3) is 0 Å². The molecule has 1 spiro atoms. The fraction of sp³-hybridized carbons (Fsp3) is 0.917. The smallest absolute Gasteiger partial charge is 0.157 e. The Kier molecular flexibility index (Phi) is 4.70. The first-order chi connectivity index (χ1) is 8.24. The average molecular weight is 257 g/mol. The maximum absolute atomic E-state index is 5.42. The number of rotatable bonds is 4. The quantitative estimate of drug-likeness (QED) is 0.820. The number of amidine groups is 1. The van der Waals surface area contributed by atoms with E-state index in [0.29, 0.717) is 0 Å². The molecule has 2 saturated heterocycles. The number of hydrogen-bond acceptors (Lipinski definition) is 4. The van der Waals surface area contributed by atoms with E-state index in [0.717, 1.165) is 56.6 Å². The van der Waals surface area contributed by atoms with Gasteiger partial charge < -0.3 is 15.0 Å². The Hall–Kier alpha value is -0.260. The molecule has 0 unspecified atom stereocenters. The normalized spacial score (nSPS) is 25.7. The van der Waals surface area contributed by atoms with Gasteiger partial charge in [-0.25, -0.2) is 0 Å². The molecule has 0 aromatic heterocycles. The van der Waals surface area contributed by atoms with Crippen LogP contribution in [0.4, 0.5) is 0 Å². The molecule has 2 aliphatic heterocycles. The van der Waals surface area contributed by atoms with Crippen molar-refractivity contribution in [1.29, 1.82) is 0 Å². The predicted octanol–water partition coefficient (Wildman–Crippen LogP) is 1.18. The number of ether oxygens (including phenoxy) is 1. The van der Waals surface area contributed by atoms with Crippen molar-refractivity contribution in [1.82, 2.24) is 10.2 Å². The summed E-state index contributed by atoms with van der Waals surface area (Å²) in [5.74, 6) is 1.15. The predicted molar refractivity (Wildman–Crippen MR) is 73.9 cm³/mol. The lowest BCUT2D eigenvalue weighted by molar-refractivity contribution is 0.0555. The summed E-state index contributed by atoms with van der Waals surface area (Å²) in [5.41, 5.74) is 0.276. The lowest BCUT2D eigenvalue weighted by Gasteiger charge is -2.32. The molecule has 1 N–H and O–H groups in total. The molecule has 4 nitrogen and oxygen atoms in total. The average Bonchev–Trinajstić information content (AvgIpc) is 2.73. The zero-order chi connectivity index (χ0) is 12.1. The first-order valence-electron chi connectivity index (χ1n) is 6.46. The molecule has 0 aliphatic carbocycles. The van der Waals surface area contributed by atoms with E-state index in [1.54, 1.807) is 0 Å². The lowest BCUT2D eigenvalue weighted by atomic mass is 9.93. The van der Waals surface area contributed by atoms with E-state index in [2.05, 4.69) is 29.2 Å². The highest BCUT2D eigenvalue weighted by atomic mass is 32.2. The third-order valence-electron chi connectivity index (χ3n) is 3.58. The van der Waals surface area contributed by atoms with Gasteiger partial charge in [-0.05, 0) is 26.4 Å². The van der Waals surface area contributed by atoms with Crippen LogP contribution in [0.5, 0.6) is 0 Å². The van der Waals surface area contributed by atoms with E-state index < -0.39 is 0 Å². The van der Waals surface area contributed by atoms with Crippen LogP contribution in [-0.2, 0) is 4.74 Å². The summed E-state index contributed by atoms with van der Waals surface area (Å²) in [7, 11) is 2.13. The molecular weight excluding hydrogens is 234 g/mol. The first kappa shape index (κ1) is 13.2. The minimum Gasteiger partial charge on any atom is -0.381 e. The third kappa shape index (κ3) is 3.60. The molecule has 2 aliphatic rings. The molecule has 5 heteroatoms. The lowest BCUT2D eigenvalue weighted by Crippen LogP contribution is -2.48. The fourth-order valence-corrected chi connectivity index (χ4v) is 3.35. The van der Waals surface area contributed by atoms with Crippen LogP contribution in [0, 0.1) is 0 Å². The second-order valence-electron chi connectivity index (χ2n) is 4.89. The largest absolute Gasteiger partial charge is 0.381 e. The molecule has 0 saturated carbocycles. The fourth-order valence-electron chi connectivity index (χ4n) is 2.10. The third-order valence-corrected chi connectivity index (χ3v) is 4.79. The van der Waals surface area contributed by atoms with E-state index >= 15 is 0 Å². The van der Waals surface area contributed by atoms with Crippen molar-refractivity contribution >= 4 is 16.9 Å². The zero-order valence-electron chi connectivity index (χ0n) is 10.9. The van der Waals surface area contributed by atoms with Gasteiger partial charge in [0.1, 0.15) is 0 Å². The first-order valence-corrected chi connectivity index (χ1v) is 7.44. The Morgan fingerprint density at radius 2 is 2.24 bits per heavy atom. The second-order valence-corrected chi connectivity index (χ2v) is 5.85. The monoisotopic (exact) mass is 257 g/mol. The summed E-state index contributed by atoms with van der Waals surface area (Å²) in [5, 5.41) is 4.75. The number of nitrogens with zero attached hydrogens (tertiary/aromatic N) is 2. The van der Waals surface area contributed by atoms with Gasteiger partial charge in [0.05, 0.1) is 12.1 Å². The maximum Gasteiger partial charge on any atom is 0.157 e. The van der Waals surface area contributed by atoms with E-state index in [-0.39, 0.29) is 5.54 Å². The van der Waals surface area contributed by atoms with Crippen LogP contribution in [-0.4, -0.2) is 61.3 Å². The topological polar surface area (TPSA) is 36.9 Å². The van der Waals surface area contributed by atoms with Crippen molar-refractivity contribution < 1.29 is 4.74 Å². The highest BCUT2D eigenvalue weighted by molar-refractivity contribution is 8.14. The number of nitrogens with one attached hydrogen (secondary N) is 1. The molecule has 2 heterocycles. The van der Waals surface area contributed by atoms with E-state index in [1.807, 2.05) is 11.8 Å². The van der Waals surface area contributed by atoms with Crippen LogP contribution >= 0.6 is 11.8 Å². The van der Waals surface area contributed by atoms with Gasteiger partial charge in [-0.3, -0.25) is 4.99 Å². The van der Waals surface area contributed by atoms with Gasteiger partial charge in [0.25, 0.3) is 0 Å². The molecule has 2 rings (SSSR count). The molecule has 0 amide bonds. The summed E-state index contributed by atoms with van der Waals surface area (Å²) >= 11 is 1.87. The highest BCUT2D eigenvalue weighted by Crippen LogP contribution is 2.31. The Balaban J connectivity index is 1.78. The molecule has 98 valence electrons.